The van der Waals surface area contributed by atoms with Gasteiger partial charge in [0.25, 0.3) is 0 Å². The first kappa shape index (κ1) is 12.9. The minimum Gasteiger partial charge on any atom is -0.465 e. The quantitative estimate of drug-likeness (QED) is 0.675. The normalized spacial score (nSPS) is 10.3. The van der Waals surface area contributed by atoms with E-state index in [1.165, 1.54) is 7.11 Å². The van der Waals surface area contributed by atoms with Gasteiger partial charge >= 0.3 is 5.97 Å². The molecule has 2 heterocycles. The van der Waals surface area contributed by atoms with Crippen molar-refractivity contribution in [1.82, 2.24) is 9.55 Å². The van der Waals surface area contributed by atoms with Crippen LogP contribution < -0.4 is 0 Å². The highest BCUT2D eigenvalue weighted by Crippen LogP contribution is 2.24. The van der Waals surface area contributed by atoms with Crippen molar-refractivity contribution < 1.29 is 9.53 Å². The monoisotopic (exact) mass is 277 g/mol. The number of nitrogens with zero attached hydrogens (tertiary/aromatic N) is 3. The molecule has 0 N–H and O–H groups in total. The number of rotatable bonds is 2. The highest BCUT2D eigenvalue weighted by molar-refractivity contribution is 5.95. The van der Waals surface area contributed by atoms with Gasteiger partial charge in [-0.2, -0.15) is 5.26 Å². The highest BCUT2D eigenvalue weighted by atomic mass is 16.5. The molecule has 3 aromatic rings. The number of esters is 1. The van der Waals surface area contributed by atoms with Crippen molar-refractivity contribution in [2.45, 2.75) is 0 Å². The summed E-state index contributed by atoms with van der Waals surface area (Å²) in [5.74, 6) is 0.218. The lowest BCUT2D eigenvalue weighted by Gasteiger charge is -2.06. The molecule has 0 aliphatic heterocycles. The SMILES string of the molecule is COC(=O)c1ccc2cc(C#N)n(-c3ccccn3)c2c1. The number of fused-ring (bicyclic) bond motifs is 1. The summed E-state index contributed by atoms with van der Waals surface area (Å²) in [5, 5.41) is 10.2. The van der Waals surface area contributed by atoms with Gasteiger partial charge in [-0.3, -0.25) is 4.57 Å². The van der Waals surface area contributed by atoms with Gasteiger partial charge in [0.15, 0.2) is 0 Å². The standard InChI is InChI=1S/C16H11N3O2/c1-21-16(20)12-6-5-11-8-13(10-17)19(14(11)9-12)15-4-2-3-7-18-15/h2-9H,1H3. The molecular formula is C16H11N3O2. The minimum absolute atomic E-state index is 0.413. The Labute approximate surface area is 121 Å². The summed E-state index contributed by atoms with van der Waals surface area (Å²) in [7, 11) is 1.34. The van der Waals surface area contributed by atoms with E-state index >= 15 is 0 Å². The van der Waals surface area contributed by atoms with Crippen molar-refractivity contribution in [3.8, 4) is 11.9 Å². The lowest BCUT2D eigenvalue weighted by molar-refractivity contribution is 0.0601. The Kier molecular flexibility index (Phi) is 3.13. The molecule has 1 aromatic carbocycles. The molecule has 0 radical (unpaired) electrons. The highest BCUT2D eigenvalue weighted by Gasteiger charge is 2.14. The molecule has 0 amide bonds. The van der Waals surface area contributed by atoms with Crippen molar-refractivity contribution in [2.75, 3.05) is 7.11 Å². The first-order valence-electron chi connectivity index (χ1n) is 6.30. The van der Waals surface area contributed by atoms with Crippen molar-refractivity contribution >= 4 is 16.9 Å². The summed E-state index contributed by atoms with van der Waals surface area (Å²) in [4.78, 5) is 15.9. The Hall–Kier alpha value is -3.13. The number of hydrogen-bond acceptors (Lipinski definition) is 4. The van der Waals surface area contributed by atoms with Gasteiger partial charge in [0.1, 0.15) is 17.6 Å². The molecule has 0 saturated heterocycles. The van der Waals surface area contributed by atoms with Crippen LogP contribution in [0.5, 0.6) is 0 Å². The second-order valence-electron chi connectivity index (χ2n) is 4.43. The van der Waals surface area contributed by atoms with Gasteiger partial charge in [-0.15, -0.1) is 0 Å². The van der Waals surface area contributed by atoms with Crippen molar-refractivity contribution in [1.29, 1.82) is 5.26 Å². The smallest absolute Gasteiger partial charge is 0.337 e. The van der Waals surface area contributed by atoms with E-state index in [1.54, 1.807) is 41.1 Å². The zero-order chi connectivity index (χ0) is 14.8. The van der Waals surface area contributed by atoms with E-state index in [4.69, 9.17) is 4.74 Å². The van der Waals surface area contributed by atoms with Crippen LogP contribution in [0, 0.1) is 11.3 Å². The fourth-order valence-corrected chi connectivity index (χ4v) is 2.26. The van der Waals surface area contributed by atoms with E-state index < -0.39 is 5.97 Å². The number of nitriles is 1. The van der Waals surface area contributed by atoms with Crippen LogP contribution >= 0.6 is 0 Å². The van der Waals surface area contributed by atoms with Crippen molar-refractivity contribution in [2.24, 2.45) is 0 Å². The number of carbonyl (C=O) groups is 1. The van der Waals surface area contributed by atoms with Crippen molar-refractivity contribution in [3.63, 3.8) is 0 Å². The summed E-state index contributed by atoms with van der Waals surface area (Å²) >= 11 is 0. The number of methoxy groups -OCH3 is 1. The molecule has 5 nitrogen and oxygen atoms in total. The fourth-order valence-electron chi connectivity index (χ4n) is 2.26. The van der Waals surface area contributed by atoms with E-state index in [0.717, 1.165) is 10.9 Å². The van der Waals surface area contributed by atoms with E-state index in [0.29, 0.717) is 17.1 Å². The third-order valence-electron chi connectivity index (χ3n) is 3.22. The lowest BCUT2D eigenvalue weighted by atomic mass is 10.1. The molecule has 0 aliphatic carbocycles. The van der Waals surface area contributed by atoms with E-state index in [-0.39, 0.29) is 0 Å². The van der Waals surface area contributed by atoms with Crippen LogP contribution in [-0.4, -0.2) is 22.6 Å². The van der Waals surface area contributed by atoms with Crippen LogP contribution in [0.2, 0.25) is 0 Å². The Morgan fingerprint density at radius 2 is 2.14 bits per heavy atom. The van der Waals surface area contributed by atoms with Gasteiger partial charge in [-0.05, 0) is 30.3 Å². The van der Waals surface area contributed by atoms with Crippen LogP contribution in [-0.2, 0) is 4.74 Å². The summed E-state index contributed by atoms with van der Waals surface area (Å²) in [5.41, 5.74) is 1.64. The van der Waals surface area contributed by atoms with Crippen LogP contribution in [0.3, 0.4) is 0 Å². The Bertz CT molecular complexity index is 860. The maximum Gasteiger partial charge on any atom is 0.337 e. The minimum atomic E-state index is -0.413. The zero-order valence-corrected chi connectivity index (χ0v) is 11.3. The van der Waals surface area contributed by atoms with Crippen LogP contribution in [0.25, 0.3) is 16.7 Å². The van der Waals surface area contributed by atoms with Gasteiger partial charge in [0, 0.05) is 11.6 Å². The molecule has 0 spiro atoms. The van der Waals surface area contributed by atoms with Crippen LogP contribution in [0.4, 0.5) is 0 Å². The summed E-state index contributed by atoms with van der Waals surface area (Å²) < 4.78 is 6.46. The van der Waals surface area contributed by atoms with Gasteiger partial charge in [-0.1, -0.05) is 12.1 Å². The third-order valence-corrected chi connectivity index (χ3v) is 3.22. The predicted molar refractivity (Wildman–Crippen MR) is 77.1 cm³/mol. The fraction of sp³-hybridized carbons (Fsp3) is 0.0625. The number of pyridine rings is 1. The van der Waals surface area contributed by atoms with Gasteiger partial charge < -0.3 is 4.74 Å². The maximum atomic E-state index is 11.7. The number of benzene rings is 1. The topological polar surface area (TPSA) is 67.9 Å². The summed E-state index contributed by atoms with van der Waals surface area (Å²) in [6, 6.07) is 14.6. The van der Waals surface area contributed by atoms with Gasteiger partial charge in [0.05, 0.1) is 18.2 Å². The van der Waals surface area contributed by atoms with E-state index in [1.807, 2.05) is 12.1 Å². The van der Waals surface area contributed by atoms with E-state index in [2.05, 4.69) is 11.1 Å². The molecule has 102 valence electrons. The van der Waals surface area contributed by atoms with Gasteiger partial charge in [-0.25, -0.2) is 9.78 Å². The first-order valence-corrected chi connectivity index (χ1v) is 6.30. The van der Waals surface area contributed by atoms with Crippen LogP contribution in [0.15, 0.2) is 48.7 Å². The molecule has 0 atom stereocenters. The molecule has 21 heavy (non-hydrogen) atoms. The average molecular weight is 277 g/mol. The second kappa shape index (κ2) is 5.10. The molecular weight excluding hydrogens is 266 g/mol. The Balaban J connectivity index is 2.31. The zero-order valence-electron chi connectivity index (χ0n) is 11.3. The predicted octanol–water partition coefficient (Wildman–Crippen LogP) is 2.68. The lowest BCUT2D eigenvalue weighted by Crippen LogP contribution is -2.03. The molecule has 3 rings (SSSR count). The Morgan fingerprint density at radius 1 is 1.29 bits per heavy atom. The average Bonchev–Trinajstić information content (AvgIpc) is 2.92. The molecule has 0 unspecified atom stereocenters. The number of hydrogen-bond donors (Lipinski definition) is 0. The van der Waals surface area contributed by atoms with E-state index in [9.17, 15) is 10.1 Å². The molecule has 0 fully saturated rings. The van der Waals surface area contributed by atoms with Crippen molar-refractivity contribution in [3.05, 3.63) is 59.9 Å². The van der Waals surface area contributed by atoms with Crippen LogP contribution in [0.1, 0.15) is 16.1 Å². The molecule has 0 bridgehead atoms. The molecule has 2 aromatic heterocycles. The summed E-state index contributed by atoms with van der Waals surface area (Å²) in [6.45, 7) is 0. The second-order valence-corrected chi connectivity index (χ2v) is 4.43. The number of carbonyl (C=O) groups excluding carboxylic acids is 1. The largest absolute Gasteiger partial charge is 0.465 e. The molecule has 0 aliphatic rings. The summed E-state index contributed by atoms with van der Waals surface area (Å²) in [6.07, 6.45) is 1.66. The Morgan fingerprint density at radius 3 is 2.81 bits per heavy atom. The number of aromatic nitrogens is 2. The maximum absolute atomic E-state index is 11.7. The van der Waals surface area contributed by atoms with Gasteiger partial charge in [0.2, 0.25) is 0 Å². The molecule has 5 heteroatoms. The third kappa shape index (κ3) is 2.13. The molecule has 0 saturated carbocycles. The first-order chi connectivity index (χ1) is 10.2. The number of ether oxygens (including phenoxy) is 1.